The number of ether oxygens (including phenoxy) is 2. The number of hydrogen-bond donors (Lipinski definition) is 1. The van der Waals surface area contributed by atoms with E-state index in [1.165, 1.54) is 0 Å². The van der Waals surface area contributed by atoms with Gasteiger partial charge < -0.3 is 14.6 Å². The van der Waals surface area contributed by atoms with Crippen molar-refractivity contribution in [3.63, 3.8) is 0 Å². The van der Waals surface area contributed by atoms with Crippen molar-refractivity contribution in [2.24, 2.45) is 5.92 Å². The zero-order valence-corrected chi connectivity index (χ0v) is 15.5. The number of fused-ring (bicyclic) bond motifs is 1. The van der Waals surface area contributed by atoms with Crippen molar-refractivity contribution in [2.75, 3.05) is 19.7 Å². The van der Waals surface area contributed by atoms with Gasteiger partial charge in [0.15, 0.2) is 5.76 Å². The summed E-state index contributed by atoms with van der Waals surface area (Å²) in [5, 5.41) is 10.3. The number of rotatable bonds is 4. The van der Waals surface area contributed by atoms with Crippen molar-refractivity contribution < 1.29 is 24.2 Å². The minimum atomic E-state index is -0.137. The molecule has 6 heteroatoms. The van der Waals surface area contributed by atoms with E-state index in [1.54, 1.807) is 12.1 Å². The van der Waals surface area contributed by atoms with Crippen LogP contribution in [-0.2, 0) is 16.1 Å². The zero-order valence-electron chi connectivity index (χ0n) is 15.5. The lowest BCUT2D eigenvalue weighted by molar-refractivity contribution is -0.149. The third-order valence-electron chi connectivity index (χ3n) is 4.93. The molecule has 3 rings (SSSR count). The van der Waals surface area contributed by atoms with E-state index in [-0.39, 0.29) is 23.4 Å². The second-order valence-electron chi connectivity index (χ2n) is 7.00. The minimum Gasteiger partial charge on any atom is -0.507 e. The van der Waals surface area contributed by atoms with Crippen molar-refractivity contribution in [2.45, 2.75) is 40.2 Å². The molecule has 0 aliphatic carbocycles. The molecule has 1 fully saturated rings. The highest BCUT2D eigenvalue weighted by Crippen LogP contribution is 2.40. The Labute approximate surface area is 153 Å². The van der Waals surface area contributed by atoms with Gasteiger partial charge in [0, 0.05) is 6.54 Å². The molecule has 1 N–H and O–H groups in total. The van der Waals surface area contributed by atoms with Crippen molar-refractivity contribution >= 4 is 11.8 Å². The number of phenols is 1. The molecule has 0 unspecified atom stereocenters. The molecule has 0 bridgehead atoms. The molecule has 0 saturated carbocycles. The fourth-order valence-electron chi connectivity index (χ4n) is 3.48. The first-order chi connectivity index (χ1) is 12.4. The summed E-state index contributed by atoms with van der Waals surface area (Å²) in [5.74, 6) is 0.599. The van der Waals surface area contributed by atoms with Crippen LogP contribution in [0.15, 0.2) is 23.5 Å². The third-order valence-corrected chi connectivity index (χ3v) is 4.93. The summed E-state index contributed by atoms with van der Waals surface area (Å²) in [6, 6.07) is 3.16. The highest BCUT2D eigenvalue weighted by atomic mass is 16.5. The largest absolute Gasteiger partial charge is 0.507 e. The maximum absolute atomic E-state index is 12.4. The molecule has 1 aromatic rings. The van der Waals surface area contributed by atoms with E-state index in [9.17, 15) is 14.7 Å². The lowest BCUT2D eigenvalue weighted by Crippen LogP contribution is -2.36. The number of benzene rings is 1. The monoisotopic (exact) mass is 359 g/mol. The van der Waals surface area contributed by atoms with Crippen LogP contribution in [-0.4, -0.2) is 41.5 Å². The van der Waals surface area contributed by atoms with Crippen LogP contribution in [0.1, 0.15) is 49.5 Å². The Morgan fingerprint density at radius 3 is 2.62 bits per heavy atom. The molecule has 0 amide bonds. The number of phenolic OH excluding ortho intramolecular Hbond substituents is 1. The standard InChI is InChI=1S/C20H25NO5/c1-4-25-20(24)13-7-9-21(10-8-13)11-15-16(22)6-5-14-17(23)18(12(2)3)26-19(14)15/h5-6,13,22H,4,7-11H2,1-3H3. The number of carbonyl (C=O) groups is 2. The summed E-state index contributed by atoms with van der Waals surface area (Å²) in [7, 11) is 0. The van der Waals surface area contributed by atoms with Crippen molar-refractivity contribution in [1.29, 1.82) is 0 Å². The number of ketones is 1. The summed E-state index contributed by atoms with van der Waals surface area (Å²) in [4.78, 5) is 26.5. The molecule has 0 aromatic heterocycles. The Morgan fingerprint density at radius 1 is 1.31 bits per heavy atom. The molecule has 1 saturated heterocycles. The molecule has 1 aromatic carbocycles. The van der Waals surface area contributed by atoms with Gasteiger partial charge >= 0.3 is 5.97 Å². The Bertz CT molecular complexity index is 756. The topological polar surface area (TPSA) is 76.1 Å². The second kappa shape index (κ2) is 7.50. The number of Topliss-reactive ketones (excluding diaryl/α,β-unsaturated/α-hetero) is 1. The Hall–Kier alpha value is -2.34. The quantitative estimate of drug-likeness (QED) is 0.658. The first-order valence-electron chi connectivity index (χ1n) is 9.06. The molecule has 6 nitrogen and oxygen atoms in total. The first-order valence-corrected chi connectivity index (χ1v) is 9.06. The van der Waals surface area contributed by atoms with Crippen LogP contribution in [0.5, 0.6) is 11.5 Å². The smallest absolute Gasteiger partial charge is 0.309 e. The van der Waals surface area contributed by atoms with E-state index in [2.05, 4.69) is 4.90 Å². The predicted octanol–water partition coefficient (Wildman–Crippen LogP) is 3.04. The lowest BCUT2D eigenvalue weighted by atomic mass is 9.96. The predicted molar refractivity (Wildman–Crippen MR) is 96.1 cm³/mol. The Morgan fingerprint density at radius 2 is 2.00 bits per heavy atom. The number of likely N-dealkylation sites (tertiary alicyclic amines) is 1. The molecular formula is C20H25NO5. The van der Waals surface area contributed by atoms with Crippen LogP contribution in [0.2, 0.25) is 0 Å². The fraction of sp³-hybridized carbons (Fsp3) is 0.500. The maximum Gasteiger partial charge on any atom is 0.309 e. The van der Waals surface area contributed by atoms with E-state index in [0.717, 1.165) is 31.5 Å². The number of piperidine rings is 1. The number of aromatic hydroxyl groups is 1. The van der Waals surface area contributed by atoms with E-state index in [1.807, 2.05) is 20.8 Å². The zero-order chi connectivity index (χ0) is 18.8. The van der Waals surface area contributed by atoms with Crippen LogP contribution >= 0.6 is 0 Å². The van der Waals surface area contributed by atoms with Gasteiger partial charge in [0.25, 0.3) is 0 Å². The molecule has 2 aliphatic heterocycles. The summed E-state index contributed by atoms with van der Waals surface area (Å²) in [5.41, 5.74) is 1.93. The van der Waals surface area contributed by atoms with Crippen molar-refractivity contribution in [3.05, 3.63) is 34.6 Å². The van der Waals surface area contributed by atoms with Crippen LogP contribution in [0.25, 0.3) is 0 Å². The van der Waals surface area contributed by atoms with E-state index < -0.39 is 0 Å². The number of esters is 1. The lowest BCUT2D eigenvalue weighted by Gasteiger charge is -2.31. The molecule has 26 heavy (non-hydrogen) atoms. The van der Waals surface area contributed by atoms with Gasteiger partial charge in [-0.05, 0) is 64.4 Å². The van der Waals surface area contributed by atoms with Gasteiger partial charge in [0.05, 0.1) is 23.7 Å². The molecule has 0 atom stereocenters. The van der Waals surface area contributed by atoms with Crippen LogP contribution in [0, 0.1) is 5.92 Å². The SMILES string of the molecule is CCOC(=O)C1CCN(Cc2c(O)ccc3c2OC(=C(C)C)C3=O)CC1. The Kier molecular flexibility index (Phi) is 5.32. The van der Waals surface area contributed by atoms with Crippen molar-refractivity contribution in [1.82, 2.24) is 4.90 Å². The minimum absolute atomic E-state index is 0.0589. The average molecular weight is 359 g/mol. The highest BCUT2D eigenvalue weighted by molar-refractivity contribution is 6.13. The van der Waals surface area contributed by atoms with Gasteiger partial charge in [0.1, 0.15) is 11.5 Å². The van der Waals surface area contributed by atoms with E-state index in [4.69, 9.17) is 9.47 Å². The summed E-state index contributed by atoms with van der Waals surface area (Å²) >= 11 is 0. The number of carbonyl (C=O) groups excluding carboxylic acids is 2. The van der Waals surface area contributed by atoms with Crippen LogP contribution in [0.4, 0.5) is 0 Å². The summed E-state index contributed by atoms with van der Waals surface area (Å²) in [6.07, 6.45) is 1.46. The molecular weight excluding hydrogens is 334 g/mol. The Balaban J connectivity index is 1.74. The van der Waals surface area contributed by atoms with Crippen LogP contribution in [0.3, 0.4) is 0 Å². The van der Waals surface area contributed by atoms with Gasteiger partial charge in [-0.25, -0.2) is 0 Å². The van der Waals surface area contributed by atoms with Gasteiger partial charge in [-0.2, -0.15) is 0 Å². The van der Waals surface area contributed by atoms with Gasteiger partial charge in [-0.3, -0.25) is 14.5 Å². The molecule has 2 heterocycles. The van der Waals surface area contributed by atoms with Crippen molar-refractivity contribution in [3.8, 4) is 11.5 Å². The van der Waals surface area contributed by atoms with Gasteiger partial charge in [0.2, 0.25) is 5.78 Å². The average Bonchev–Trinajstić information content (AvgIpc) is 2.95. The van der Waals surface area contributed by atoms with E-state index in [0.29, 0.717) is 35.8 Å². The van der Waals surface area contributed by atoms with E-state index >= 15 is 0 Å². The van der Waals surface area contributed by atoms with Gasteiger partial charge in [-0.1, -0.05) is 0 Å². The number of hydrogen-bond acceptors (Lipinski definition) is 6. The second-order valence-corrected chi connectivity index (χ2v) is 7.00. The summed E-state index contributed by atoms with van der Waals surface area (Å²) < 4.78 is 10.9. The number of allylic oxidation sites excluding steroid dienone is 2. The molecule has 140 valence electrons. The molecule has 0 spiro atoms. The maximum atomic E-state index is 12.4. The third kappa shape index (κ3) is 3.46. The first kappa shape index (κ1) is 18.5. The normalized spacial score (nSPS) is 17.8. The number of nitrogens with zero attached hydrogens (tertiary/aromatic N) is 1. The molecule has 0 radical (unpaired) electrons. The molecule has 2 aliphatic rings. The van der Waals surface area contributed by atoms with Gasteiger partial charge in [-0.15, -0.1) is 0 Å². The highest BCUT2D eigenvalue weighted by Gasteiger charge is 2.33. The van der Waals surface area contributed by atoms with Crippen LogP contribution < -0.4 is 4.74 Å². The summed E-state index contributed by atoms with van der Waals surface area (Å²) in [6.45, 7) is 7.83. The fourth-order valence-corrected chi connectivity index (χ4v) is 3.48.